The minimum absolute atomic E-state index is 0.0583. The normalized spacial score (nSPS) is 13.9. The minimum atomic E-state index is -1.33. The summed E-state index contributed by atoms with van der Waals surface area (Å²) in [7, 11) is 0. The van der Waals surface area contributed by atoms with Gasteiger partial charge < -0.3 is 19.7 Å². The second kappa shape index (κ2) is 9.75. The van der Waals surface area contributed by atoms with E-state index in [0.29, 0.717) is 12.2 Å². The largest absolute Gasteiger partial charge is 0.460 e. The van der Waals surface area contributed by atoms with Crippen molar-refractivity contribution < 1.29 is 19.7 Å². The highest BCUT2D eigenvalue weighted by atomic mass is 16.6. The maximum Gasteiger partial charge on any atom is 0.231 e. The number of para-hydroxylation sites is 1. The lowest BCUT2D eigenvalue weighted by molar-refractivity contribution is -0.184. The van der Waals surface area contributed by atoms with E-state index in [1.54, 1.807) is 0 Å². The summed E-state index contributed by atoms with van der Waals surface area (Å²) >= 11 is 0. The minimum Gasteiger partial charge on any atom is -0.460 e. The molecule has 1 unspecified atom stereocenters. The average molecular weight is 282 g/mol. The van der Waals surface area contributed by atoms with Gasteiger partial charge >= 0.3 is 0 Å². The number of aliphatic hydroxyl groups excluding tert-OH is 1. The van der Waals surface area contributed by atoms with Crippen molar-refractivity contribution in [3.63, 3.8) is 0 Å². The third kappa shape index (κ3) is 6.89. The topological polar surface area (TPSA) is 58.9 Å². The first-order valence-electron chi connectivity index (χ1n) is 7.35. The van der Waals surface area contributed by atoms with Crippen LogP contribution in [0.25, 0.3) is 0 Å². The summed E-state index contributed by atoms with van der Waals surface area (Å²) in [6.07, 6.45) is 4.78. The number of benzene rings is 1. The number of rotatable bonds is 11. The van der Waals surface area contributed by atoms with E-state index in [1.165, 1.54) is 0 Å². The molecule has 2 N–H and O–H groups in total. The van der Waals surface area contributed by atoms with E-state index in [1.807, 2.05) is 30.3 Å². The van der Waals surface area contributed by atoms with Crippen LogP contribution in [0.5, 0.6) is 5.75 Å². The number of hydrogen-bond donors (Lipinski definition) is 2. The molecule has 0 aliphatic rings. The van der Waals surface area contributed by atoms with Gasteiger partial charge in [0, 0.05) is 6.42 Å². The molecule has 0 saturated carbocycles. The van der Waals surface area contributed by atoms with Crippen LogP contribution in [-0.2, 0) is 4.74 Å². The quantitative estimate of drug-likeness (QED) is 0.484. The molecule has 0 aromatic heterocycles. The molecule has 1 atom stereocenters. The summed E-state index contributed by atoms with van der Waals surface area (Å²) in [5.41, 5.74) is 0. The summed E-state index contributed by atoms with van der Waals surface area (Å²) < 4.78 is 10.9. The Morgan fingerprint density at radius 1 is 1.10 bits per heavy atom. The number of aliphatic hydroxyl groups is 2. The van der Waals surface area contributed by atoms with E-state index < -0.39 is 5.79 Å². The molecule has 0 bridgehead atoms. The van der Waals surface area contributed by atoms with E-state index in [9.17, 15) is 5.11 Å². The number of unbranched alkanes of at least 4 members (excludes halogenated alkanes) is 3. The first-order valence-corrected chi connectivity index (χ1v) is 7.35. The maximum atomic E-state index is 10.6. The van der Waals surface area contributed by atoms with Gasteiger partial charge in [-0.05, 0) is 18.6 Å². The van der Waals surface area contributed by atoms with Gasteiger partial charge in [0.05, 0.1) is 13.2 Å². The van der Waals surface area contributed by atoms with E-state index >= 15 is 0 Å². The number of hydrogen-bond acceptors (Lipinski definition) is 4. The Hall–Kier alpha value is -1.10. The van der Waals surface area contributed by atoms with Crippen LogP contribution in [0.15, 0.2) is 30.3 Å². The zero-order valence-corrected chi connectivity index (χ0v) is 12.3. The summed E-state index contributed by atoms with van der Waals surface area (Å²) in [5, 5.41) is 19.3. The molecule has 0 fully saturated rings. The third-order valence-electron chi connectivity index (χ3n) is 3.04. The molecule has 0 aliphatic heterocycles. The Morgan fingerprint density at radius 2 is 1.85 bits per heavy atom. The van der Waals surface area contributed by atoms with Crippen LogP contribution in [0.2, 0.25) is 0 Å². The zero-order chi connectivity index (χ0) is 14.7. The molecule has 0 radical (unpaired) electrons. The molecule has 0 amide bonds. The van der Waals surface area contributed by atoms with Gasteiger partial charge in [-0.15, -0.1) is 0 Å². The van der Waals surface area contributed by atoms with Gasteiger partial charge in [-0.3, -0.25) is 0 Å². The Balaban J connectivity index is 2.52. The molecule has 0 aliphatic carbocycles. The molecule has 1 rings (SSSR count). The molecule has 0 heterocycles. The predicted octanol–water partition coefficient (Wildman–Crippen LogP) is 2.73. The molecule has 0 spiro atoms. The lowest BCUT2D eigenvalue weighted by Crippen LogP contribution is -2.41. The standard InChI is InChI=1S/C16H26O4/c1-2-3-4-8-11-16(18,14-19-13-12-17)20-15-9-6-5-7-10-15/h5-7,9-10,17-18H,2-4,8,11-14H2,1H3. The maximum absolute atomic E-state index is 10.6. The fourth-order valence-corrected chi connectivity index (χ4v) is 1.98. The van der Waals surface area contributed by atoms with Gasteiger partial charge in [0.2, 0.25) is 5.79 Å². The highest BCUT2D eigenvalue weighted by Crippen LogP contribution is 2.22. The third-order valence-corrected chi connectivity index (χ3v) is 3.04. The van der Waals surface area contributed by atoms with Gasteiger partial charge in [-0.1, -0.05) is 44.4 Å². The molecule has 114 valence electrons. The summed E-state index contributed by atoms with van der Waals surface area (Å²) in [5.74, 6) is -0.706. The van der Waals surface area contributed by atoms with Crippen LogP contribution < -0.4 is 4.74 Å². The predicted molar refractivity (Wildman–Crippen MR) is 78.7 cm³/mol. The summed E-state index contributed by atoms with van der Waals surface area (Å²) in [4.78, 5) is 0. The van der Waals surface area contributed by atoms with E-state index in [2.05, 4.69) is 6.92 Å². The van der Waals surface area contributed by atoms with E-state index in [0.717, 1.165) is 25.7 Å². The lowest BCUT2D eigenvalue weighted by Gasteiger charge is -2.29. The molecule has 4 heteroatoms. The SMILES string of the molecule is CCCCCCC(O)(COCCO)Oc1ccccc1. The Kier molecular flexibility index (Phi) is 8.26. The van der Waals surface area contributed by atoms with Gasteiger partial charge in [0.25, 0.3) is 0 Å². The average Bonchev–Trinajstić information content (AvgIpc) is 2.45. The molecule has 1 aromatic rings. The first kappa shape index (κ1) is 17.0. The Bertz CT molecular complexity index is 342. The molecule has 0 saturated heterocycles. The second-order valence-corrected chi connectivity index (χ2v) is 4.95. The molecule has 20 heavy (non-hydrogen) atoms. The fourth-order valence-electron chi connectivity index (χ4n) is 1.98. The Morgan fingerprint density at radius 3 is 2.50 bits per heavy atom. The van der Waals surface area contributed by atoms with Crippen molar-refractivity contribution in [2.75, 3.05) is 19.8 Å². The van der Waals surface area contributed by atoms with Crippen LogP contribution in [0.4, 0.5) is 0 Å². The van der Waals surface area contributed by atoms with Crippen molar-refractivity contribution in [3.05, 3.63) is 30.3 Å². The van der Waals surface area contributed by atoms with Crippen molar-refractivity contribution in [1.29, 1.82) is 0 Å². The van der Waals surface area contributed by atoms with Crippen LogP contribution in [0, 0.1) is 0 Å². The van der Waals surface area contributed by atoms with Crippen molar-refractivity contribution in [3.8, 4) is 5.75 Å². The molecule has 1 aromatic carbocycles. The van der Waals surface area contributed by atoms with Gasteiger partial charge in [0.15, 0.2) is 0 Å². The highest BCUT2D eigenvalue weighted by Gasteiger charge is 2.29. The van der Waals surface area contributed by atoms with Crippen molar-refractivity contribution in [2.45, 2.75) is 44.8 Å². The second-order valence-electron chi connectivity index (χ2n) is 4.95. The molecular formula is C16H26O4. The molecule has 4 nitrogen and oxygen atoms in total. The summed E-state index contributed by atoms with van der Waals surface area (Å²) in [6, 6.07) is 9.24. The van der Waals surface area contributed by atoms with Crippen molar-refractivity contribution in [2.24, 2.45) is 0 Å². The monoisotopic (exact) mass is 282 g/mol. The van der Waals surface area contributed by atoms with Crippen LogP contribution in [-0.4, -0.2) is 35.8 Å². The highest BCUT2D eigenvalue weighted by molar-refractivity contribution is 5.21. The van der Waals surface area contributed by atoms with Gasteiger partial charge in [-0.25, -0.2) is 0 Å². The van der Waals surface area contributed by atoms with Crippen molar-refractivity contribution in [1.82, 2.24) is 0 Å². The first-order chi connectivity index (χ1) is 9.70. The Labute approximate surface area is 121 Å². The van der Waals surface area contributed by atoms with Gasteiger partial charge in [0.1, 0.15) is 12.4 Å². The van der Waals surface area contributed by atoms with Crippen LogP contribution in [0.3, 0.4) is 0 Å². The lowest BCUT2D eigenvalue weighted by atomic mass is 10.1. The van der Waals surface area contributed by atoms with Crippen LogP contribution >= 0.6 is 0 Å². The summed E-state index contributed by atoms with van der Waals surface area (Å²) in [6.45, 7) is 2.36. The van der Waals surface area contributed by atoms with E-state index in [-0.39, 0.29) is 19.8 Å². The smallest absolute Gasteiger partial charge is 0.231 e. The number of ether oxygens (including phenoxy) is 2. The van der Waals surface area contributed by atoms with E-state index in [4.69, 9.17) is 14.6 Å². The van der Waals surface area contributed by atoms with Gasteiger partial charge in [-0.2, -0.15) is 0 Å². The van der Waals surface area contributed by atoms with Crippen LogP contribution in [0.1, 0.15) is 39.0 Å². The molecular weight excluding hydrogens is 256 g/mol. The van der Waals surface area contributed by atoms with Crippen molar-refractivity contribution >= 4 is 0 Å². The zero-order valence-electron chi connectivity index (χ0n) is 12.3. The fraction of sp³-hybridized carbons (Fsp3) is 0.625.